The maximum absolute atomic E-state index is 4.84. The van der Waals surface area contributed by atoms with Crippen LogP contribution in [-0.2, 0) is 0 Å². The highest BCUT2D eigenvalue weighted by atomic mass is 32.2. The van der Waals surface area contributed by atoms with Gasteiger partial charge in [-0.3, -0.25) is 0 Å². The van der Waals surface area contributed by atoms with Crippen LogP contribution < -0.4 is 0 Å². The molecule has 1 aromatic heterocycles. The maximum Gasteiger partial charge on any atom is 0.134 e. The van der Waals surface area contributed by atoms with E-state index in [0.29, 0.717) is 0 Å². The normalized spacial score (nSPS) is 12.4. The predicted octanol–water partition coefficient (Wildman–Crippen LogP) is 7.58. The van der Waals surface area contributed by atoms with Gasteiger partial charge in [0.1, 0.15) is 10.1 Å². The molecule has 30 heavy (non-hydrogen) atoms. The molecule has 0 radical (unpaired) electrons. The zero-order valence-corrected chi connectivity index (χ0v) is 17.6. The number of hydrogen-bond donors (Lipinski definition) is 0. The Bertz CT molecular complexity index is 1380. The van der Waals surface area contributed by atoms with Crippen LogP contribution in [0, 0.1) is 0 Å². The molecule has 4 aromatic carbocycles. The fourth-order valence-electron chi connectivity index (χ4n) is 3.65. The van der Waals surface area contributed by atoms with Crippen molar-refractivity contribution in [2.24, 2.45) is 0 Å². The highest BCUT2D eigenvalue weighted by Crippen LogP contribution is 2.48. The summed E-state index contributed by atoms with van der Waals surface area (Å²) >= 11 is 3.42. The lowest BCUT2D eigenvalue weighted by molar-refractivity contribution is 0.953. The number of aromatic nitrogens is 2. The number of para-hydroxylation sites is 2. The van der Waals surface area contributed by atoms with E-state index in [0.717, 1.165) is 21.1 Å². The van der Waals surface area contributed by atoms with Crippen LogP contribution in [0.2, 0.25) is 0 Å². The average molecular weight is 421 g/mol. The summed E-state index contributed by atoms with van der Waals surface area (Å²) in [7, 11) is 0. The molecule has 0 spiro atoms. The van der Waals surface area contributed by atoms with Gasteiger partial charge in [0.25, 0.3) is 0 Å². The molecule has 2 heterocycles. The van der Waals surface area contributed by atoms with Crippen LogP contribution in [0.15, 0.2) is 117 Å². The largest absolute Gasteiger partial charge is 0.237 e. The Labute approximate surface area is 183 Å². The van der Waals surface area contributed by atoms with Crippen LogP contribution in [0.4, 0.5) is 0 Å². The lowest BCUT2D eigenvalue weighted by atomic mass is 10.0. The van der Waals surface area contributed by atoms with E-state index in [4.69, 9.17) is 9.97 Å². The molecule has 0 N–H and O–H groups in total. The van der Waals surface area contributed by atoms with Gasteiger partial charge >= 0.3 is 0 Å². The molecule has 5 aromatic rings. The van der Waals surface area contributed by atoms with Gasteiger partial charge in [0, 0.05) is 9.79 Å². The number of hydrogen-bond acceptors (Lipinski definition) is 4. The van der Waals surface area contributed by atoms with Crippen molar-refractivity contribution < 1.29 is 0 Å². The second-order valence-electron chi connectivity index (χ2n) is 7.13. The van der Waals surface area contributed by atoms with Crippen LogP contribution in [0.25, 0.3) is 33.3 Å². The van der Waals surface area contributed by atoms with Crippen LogP contribution >= 0.6 is 23.5 Å². The molecule has 2 nitrogen and oxygen atoms in total. The van der Waals surface area contributed by atoms with E-state index in [2.05, 4.69) is 66.7 Å². The lowest BCUT2D eigenvalue weighted by Gasteiger charge is -2.18. The first kappa shape index (κ1) is 17.8. The van der Waals surface area contributed by atoms with Crippen molar-refractivity contribution in [3.05, 3.63) is 97.1 Å². The predicted molar refractivity (Wildman–Crippen MR) is 125 cm³/mol. The molecular weight excluding hydrogens is 404 g/mol. The standard InChI is InChI=1S/C26H16N2S2/c1-2-6-17(7-3-1)18-10-12-19(13-11-18)20-14-15-23-24(16-20)30-26-25(29-23)27-21-8-4-5-9-22(21)28-26/h1-16H. The zero-order valence-electron chi connectivity index (χ0n) is 15.9. The summed E-state index contributed by atoms with van der Waals surface area (Å²) in [4.78, 5) is 12.1. The topological polar surface area (TPSA) is 25.8 Å². The molecule has 0 saturated carbocycles. The zero-order chi connectivity index (χ0) is 19.9. The third-order valence-corrected chi connectivity index (χ3v) is 7.54. The first-order chi connectivity index (χ1) is 14.8. The molecular formula is C26H16N2S2. The van der Waals surface area contributed by atoms with Crippen LogP contribution in [0.1, 0.15) is 0 Å². The van der Waals surface area contributed by atoms with E-state index in [1.54, 1.807) is 23.5 Å². The Morgan fingerprint density at radius 2 is 0.933 bits per heavy atom. The summed E-state index contributed by atoms with van der Waals surface area (Å²) in [5, 5.41) is 1.98. The second kappa shape index (κ2) is 7.31. The minimum absolute atomic E-state index is 0.945. The van der Waals surface area contributed by atoms with Crippen molar-refractivity contribution in [3.8, 4) is 22.3 Å². The van der Waals surface area contributed by atoms with Gasteiger partial charge < -0.3 is 0 Å². The van der Waals surface area contributed by atoms with Gasteiger partial charge in [-0.2, -0.15) is 0 Å². The molecule has 1 aliphatic heterocycles. The van der Waals surface area contributed by atoms with Gasteiger partial charge in [-0.15, -0.1) is 0 Å². The number of benzene rings is 4. The number of fused-ring (bicyclic) bond motifs is 3. The maximum atomic E-state index is 4.84. The van der Waals surface area contributed by atoms with Crippen molar-refractivity contribution in [2.45, 2.75) is 19.8 Å². The molecule has 0 amide bonds. The molecule has 0 unspecified atom stereocenters. The third kappa shape index (κ3) is 3.18. The van der Waals surface area contributed by atoms with E-state index in [-0.39, 0.29) is 0 Å². The van der Waals surface area contributed by atoms with Gasteiger partial charge in [0.2, 0.25) is 0 Å². The van der Waals surface area contributed by atoms with Gasteiger partial charge in [0.05, 0.1) is 11.0 Å². The Morgan fingerprint density at radius 3 is 1.60 bits per heavy atom. The Kier molecular flexibility index (Phi) is 4.33. The van der Waals surface area contributed by atoms with Gasteiger partial charge in [-0.25, -0.2) is 9.97 Å². The van der Waals surface area contributed by atoms with Crippen molar-refractivity contribution in [1.82, 2.24) is 9.97 Å². The molecule has 4 heteroatoms. The minimum Gasteiger partial charge on any atom is -0.237 e. The van der Waals surface area contributed by atoms with Gasteiger partial charge in [-0.05, 0) is 46.5 Å². The highest BCUT2D eigenvalue weighted by Gasteiger charge is 2.21. The lowest BCUT2D eigenvalue weighted by Crippen LogP contribution is -1.97. The molecule has 0 bridgehead atoms. The van der Waals surface area contributed by atoms with Crippen molar-refractivity contribution in [2.75, 3.05) is 0 Å². The molecule has 0 aliphatic carbocycles. The molecule has 6 rings (SSSR count). The van der Waals surface area contributed by atoms with E-state index in [1.165, 1.54) is 32.0 Å². The van der Waals surface area contributed by atoms with E-state index < -0.39 is 0 Å². The van der Waals surface area contributed by atoms with Gasteiger partial charge in [-0.1, -0.05) is 96.3 Å². The molecule has 0 saturated heterocycles. The summed E-state index contributed by atoms with van der Waals surface area (Å²) in [5.74, 6) is 0. The Hall–Kier alpha value is -3.08. The van der Waals surface area contributed by atoms with Gasteiger partial charge in [0.15, 0.2) is 0 Å². The molecule has 142 valence electrons. The average Bonchev–Trinajstić information content (AvgIpc) is 2.82. The molecule has 1 aliphatic rings. The summed E-state index contributed by atoms with van der Waals surface area (Å²) < 4.78 is 0. The summed E-state index contributed by atoms with van der Waals surface area (Å²) in [6.07, 6.45) is 0. The second-order valence-corrected chi connectivity index (χ2v) is 9.19. The van der Waals surface area contributed by atoms with Crippen LogP contribution in [0.3, 0.4) is 0 Å². The Morgan fingerprint density at radius 1 is 0.433 bits per heavy atom. The SMILES string of the molecule is c1ccc(-c2ccc(-c3ccc4c(c3)Sc3nc5ccccc5nc3S4)cc2)cc1. The molecule has 0 atom stereocenters. The minimum atomic E-state index is 0.945. The summed E-state index contributed by atoms with van der Waals surface area (Å²) in [6.45, 7) is 0. The monoisotopic (exact) mass is 420 g/mol. The summed E-state index contributed by atoms with van der Waals surface area (Å²) in [6, 6.07) is 34.0. The fraction of sp³-hybridized carbons (Fsp3) is 0. The highest BCUT2D eigenvalue weighted by molar-refractivity contribution is 8.05. The van der Waals surface area contributed by atoms with Crippen molar-refractivity contribution in [1.29, 1.82) is 0 Å². The van der Waals surface area contributed by atoms with E-state index in [1.807, 2.05) is 30.3 Å². The fourth-order valence-corrected chi connectivity index (χ4v) is 5.77. The van der Waals surface area contributed by atoms with Crippen LogP contribution in [0.5, 0.6) is 0 Å². The molecule has 0 fully saturated rings. The number of rotatable bonds is 2. The summed E-state index contributed by atoms with van der Waals surface area (Å²) in [5.41, 5.74) is 6.81. The smallest absolute Gasteiger partial charge is 0.134 e. The first-order valence-corrected chi connectivity index (χ1v) is 11.4. The number of nitrogens with zero attached hydrogens (tertiary/aromatic N) is 2. The van der Waals surface area contributed by atoms with Crippen LogP contribution in [-0.4, -0.2) is 9.97 Å². The van der Waals surface area contributed by atoms with Crippen molar-refractivity contribution in [3.63, 3.8) is 0 Å². The first-order valence-electron chi connectivity index (χ1n) is 9.76. The quantitative estimate of drug-likeness (QED) is 0.288. The van der Waals surface area contributed by atoms with Crippen molar-refractivity contribution >= 4 is 34.6 Å². The van der Waals surface area contributed by atoms with E-state index in [9.17, 15) is 0 Å². The van der Waals surface area contributed by atoms with E-state index >= 15 is 0 Å². The third-order valence-electron chi connectivity index (χ3n) is 5.19. The Balaban J connectivity index is 1.33.